The number of hydrogen-bond donors (Lipinski definition) is 2. The van der Waals surface area contributed by atoms with Crippen molar-refractivity contribution in [2.24, 2.45) is 11.7 Å². The van der Waals surface area contributed by atoms with Crippen molar-refractivity contribution in [2.45, 2.75) is 25.9 Å². The lowest BCUT2D eigenvalue weighted by molar-refractivity contribution is 0.0193. The zero-order valence-corrected chi connectivity index (χ0v) is 10.5. The predicted octanol–water partition coefficient (Wildman–Crippen LogP) is 0.402. The lowest BCUT2D eigenvalue weighted by Crippen LogP contribution is -2.43. The molecule has 0 aromatic carbocycles. The highest BCUT2D eigenvalue weighted by Gasteiger charge is 2.25. The Morgan fingerprint density at radius 3 is 2.81 bits per heavy atom. The number of carbonyl (C=O) groups excluding carboxylic acids is 1. The van der Waals surface area contributed by atoms with Crippen molar-refractivity contribution in [2.75, 3.05) is 33.2 Å². The molecule has 0 aromatic heterocycles. The summed E-state index contributed by atoms with van der Waals surface area (Å²) < 4.78 is 5.05. The van der Waals surface area contributed by atoms with E-state index in [2.05, 4.69) is 10.2 Å². The van der Waals surface area contributed by atoms with Crippen molar-refractivity contribution in [1.82, 2.24) is 10.2 Å². The van der Waals surface area contributed by atoms with Gasteiger partial charge in [-0.15, -0.1) is 0 Å². The highest BCUT2D eigenvalue weighted by atomic mass is 16.6. The predicted molar refractivity (Wildman–Crippen MR) is 63.2 cm³/mol. The second-order valence-corrected chi connectivity index (χ2v) is 5.24. The minimum Gasteiger partial charge on any atom is -0.442 e. The molecule has 1 atom stereocenters. The largest absolute Gasteiger partial charge is 0.442 e. The molecule has 5 heteroatoms. The SMILES string of the molecule is CN(CC1CCNC1)CC(C)(C)OC(N)=O. The molecule has 5 nitrogen and oxygen atoms in total. The Kier molecular flexibility index (Phi) is 4.56. The maximum absolute atomic E-state index is 10.7. The topological polar surface area (TPSA) is 67.6 Å². The molecule has 0 aliphatic carbocycles. The molecule has 1 aliphatic rings. The lowest BCUT2D eigenvalue weighted by atomic mass is 10.1. The molecule has 3 N–H and O–H groups in total. The molecule has 1 fully saturated rings. The van der Waals surface area contributed by atoms with Crippen LogP contribution in [0.5, 0.6) is 0 Å². The third kappa shape index (κ3) is 4.81. The van der Waals surface area contributed by atoms with Crippen molar-refractivity contribution in [3.05, 3.63) is 0 Å². The fourth-order valence-electron chi connectivity index (χ4n) is 2.33. The fourth-order valence-corrected chi connectivity index (χ4v) is 2.33. The van der Waals surface area contributed by atoms with Gasteiger partial charge in [-0.25, -0.2) is 4.79 Å². The Morgan fingerprint density at radius 2 is 2.31 bits per heavy atom. The van der Waals surface area contributed by atoms with Crippen LogP contribution in [0.15, 0.2) is 0 Å². The Morgan fingerprint density at radius 1 is 1.62 bits per heavy atom. The monoisotopic (exact) mass is 229 g/mol. The van der Waals surface area contributed by atoms with Crippen LogP contribution >= 0.6 is 0 Å². The molecule has 0 aromatic rings. The van der Waals surface area contributed by atoms with E-state index in [0.717, 1.165) is 19.6 Å². The molecule has 0 bridgehead atoms. The molecule has 1 aliphatic heterocycles. The number of carbonyl (C=O) groups is 1. The Labute approximate surface area is 97.3 Å². The molecule has 0 saturated carbocycles. The zero-order valence-electron chi connectivity index (χ0n) is 10.5. The molecule has 0 radical (unpaired) electrons. The third-order valence-corrected chi connectivity index (χ3v) is 2.76. The lowest BCUT2D eigenvalue weighted by Gasteiger charge is -2.30. The van der Waals surface area contributed by atoms with Gasteiger partial charge < -0.3 is 20.7 Å². The average molecular weight is 229 g/mol. The highest BCUT2D eigenvalue weighted by Crippen LogP contribution is 2.14. The minimum atomic E-state index is -0.707. The number of hydrogen-bond acceptors (Lipinski definition) is 4. The smallest absolute Gasteiger partial charge is 0.405 e. The first kappa shape index (κ1) is 13.3. The van der Waals surface area contributed by atoms with Crippen LogP contribution in [-0.2, 0) is 4.74 Å². The zero-order chi connectivity index (χ0) is 12.2. The van der Waals surface area contributed by atoms with E-state index in [1.807, 2.05) is 20.9 Å². The van der Waals surface area contributed by atoms with Crippen LogP contribution in [0.4, 0.5) is 4.79 Å². The summed E-state index contributed by atoms with van der Waals surface area (Å²) in [5.74, 6) is 0.703. The molecule has 1 amide bonds. The number of nitrogens with one attached hydrogen (secondary N) is 1. The quantitative estimate of drug-likeness (QED) is 0.716. The van der Waals surface area contributed by atoms with E-state index in [4.69, 9.17) is 10.5 Å². The van der Waals surface area contributed by atoms with Crippen LogP contribution in [0.3, 0.4) is 0 Å². The number of amides is 1. The van der Waals surface area contributed by atoms with Crippen molar-refractivity contribution >= 4 is 6.09 Å². The summed E-state index contributed by atoms with van der Waals surface area (Å²) in [4.78, 5) is 12.9. The second kappa shape index (κ2) is 5.50. The molecule has 1 rings (SSSR count). The van der Waals surface area contributed by atoms with Crippen LogP contribution in [0.1, 0.15) is 20.3 Å². The maximum Gasteiger partial charge on any atom is 0.405 e. The highest BCUT2D eigenvalue weighted by molar-refractivity contribution is 5.65. The molecule has 94 valence electrons. The van der Waals surface area contributed by atoms with Gasteiger partial charge in [0.25, 0.3) is 0 Å². The second-order valence-electron chi connectivity index (χ2n) is 5.24. The summed E-state index contributed by atoms with van der Waals surface area (Å²) >= 11 is 0. The normalized spacial score (nSPS) is 21.4. The molecular formula is C11H23N3O2. The standard InChI is InChI=1S/C11H23N3O2/c1-11(2,16-10(12)15)8-14(3)7-9-4-5-13-6-9/h9,13H,4-8H2,1-3H3,(H2,12,15). The van der Waals surface area contributed by atoms with Gasteiger partial charge >= 0.3 is 6.09 Å². The first-order valence-corrected chi connectivity index (χ1v) is 5.77. The summed E-state index contributed by atoms with van der Waals surface area (Å²) in [6.07, 6.45) is 0.516. The van der Waals surface area contributed by atoms with Gasteiger partial charge in [0.05, 0.1) is 0 Å². The van der Waals surface area contributed by atoms with E-state index in [9.17, 15) is 4.79 Å². The van der Waals surface area contributed by atoms with E-state index in [0.29, 0.717) is 12.5 Å². The number of ether oxygens (including phenoxy) is 1. The Hall–Kier alpha value is -0.810. The van der Waals surface area contributed by atoms with Crippen molar-refractivity contribution in [3.63, 3.8) is 0 Å². The minimum absolute atomic E-state index is 0.521. The molecule has 1 saturated heterocycles. The van der Waals surface area contributed by atoms with Crippen molar-refractivity contribution < 1.29 is 9.53 Å². The van der Waals surface area contributed by atoms with E-state index >= 15 is 0 Å². The summed E-state index contributed by atoms with van der Waals surface area (Å²) in [6, 6.07) is 0. The average Bonchev–Trinajstić information content (AvgIpc) is 2.51. The van der Waals surface area contributed by atoms with E-state index in [-0.39, 0.29) is 0 Å². The van der Waals surface area contributed by atoms with Gasteiger partial charge in [-0.05, 0) is 46.3 Å². The van der Waals surface area contributed by atoms with Gasteiger partial charge in [0.1, 0.15) is 5.60 Å². The van der Waals surface area contributed by atoms with E-state index in [1.165, 1.54) is 6.42 Å². The van der Waals surface area contributed by atoms with E-state index < -0.39 is 11.7 Å². The van der Waals surface area contributed by atoms with Gasteiger partial charge in [-0.3, -0.25) is 0 Å². The summed E-state index contributed by atoms with van der Waals surface area (Å²) in [5, 5.41) is 3.34. The number of likely N-dealkylation sites (N-methyl/N-ethyl adjacent to an activating group) is 1. The number of nitrogens with zero attached hydrogens (tertiary/aromatic N) is 1. The van der Waals surface area contributed by atoms with Gasteiger partial charge in [0, 0.05) is 13.1 Å². The third-order valence-electron chi connectivity index (χ3n) is 2.76. The summed E-state index contributed by atoms with van der Waals surface area (Å²) in [7, 11) is 2.05. The van der Waals surface area contributed by atoms with Crippen LogP contribution in [0, 0.1) is 5.92 Å². The van der Waals surface area contributed by atoms with Gasteiger partial charge in [0.15, 0.2) is 0 Å². The van der Waals surface area contributed by atoms with Crippen molar-refractivity contribution in [1.29, 1.82) is 0 Å². The maximum atomic E-state index is 10.7. The molecule has 16 heavy (non-hydrogen) atoms. The summed E-state index contributed by atoms with van der Waals surface area (Å²) in [6.45, 7) is 7.68. The fraction of sp³-hybridized carbons (Fsp3) is 0.909. The van der Waals surface area contributed by atoms with Gasteiger partial charge in [0.2, 0.25) is 0 Å². The molecular weight excluding hydrogens is 206 g/mol. The van der Waals surface area contributed by atoms with Crippen molar-refractivity contribution in [3.8, 4) is 0 Å². The van der Waals surface area contributed by atoms with E-state index in [1.54, 1.807) is 0 Å². The molecule has 1 heterocycles. The molecule has 1 unspecified atom stereocenters. The number of primary amides is 1. The number of nitrogens with two attached hydrogens (primary N) is 1. The first-order chi connectivity index (χ1) is 7.39. The van der Waals surface area contributed by atoms with Gasteiger partial charge in [-0.2, -0.15) is 0 Å². The van der Waals surface area contributed by atoms with Crippen LogP contribution in [0.25, 0.3) is 0 Å². The first-order valence-electron chi connectivity index (χ1n) is 5.77. The number of rotatable bonds is 5. The Balaban J connectivity index is 2.31. The van der Waals surface area contributed by atoms with Crippen LogP contribution in [-0.4, -0.2) is 49.8 Å². The van der Waals surface area contributed by atoms with Gasteiger partial charge in [-0.1, -0.05) is 0 Å². The molecule has 0 spiro atoms. The Bertz CT molecular complexity index is 237. The van der Waals surface area contributed by atoms with Crippen LogP contribution < -0.4 is 11.1 Å². The summed E-state index contributed by atoms with van der Waals surface area (Å²) in [5.41, 5.74) is 4.51. The van der Waals surface area contributed by atoms with Crippen LogP contribution in [0.2, 0.25) is 0 Å².